The number of carboxylic acids is 1. The van der Waals surface area contributed by atoms with Gasteiger partial charge in [-0.3, -0.25) is 10.1 Å². The Bertz CT molecular complexity index is 984. The number of hydrogen-bond acceptors (Lipinski definition) is 5. The quantitative estimate of drug-likeness (QED) is 0.534. The van der Waals surface area contributed by atoms with Crippen LogP contribution in [0.4, 0.5) is 17.1 Å². The van der Waals surface area contributed by atoms with Crippen molar-refractivity contribution in [1.82, 2.24) is 0 Å². The van der Waals surface area contributed by atoms with Crippen molar-refractivity contribution >= 4 is 33.8 Å². The van der Waals surface area contributed by atoms with E-state index < -0.39 is 10.9 Å². The van der Waals surface area contributed by atoms with Crippen LogP contribution in [-0.2, 0) is 0 Å². The highest BCUT2D eigenvalue weighted by atomic mass is 16.6. The van der Waals surface area contributed by atoms with Gasteiger partial charge in [0.1, 0.15) is 5.75 Å². The van der Waals surface area contributed by atoms with Gasteiger partial charge in [-0.15, -0.1) is 0 Å². The minimum absolute atomic E-state index is 0.0505. The number of carboxylic acid groups (broad SMARTS) is 1. The summed E-state index contributed by atoms with van der Waals surface area (Å²) in [6, 6.07) is 14.5. The fraction of sp³-hybridized carbons (Fsp3) is 0.0556. The topological polar surface area (TPSA) is 102 Å². The molecule has 0 aliphatic carbocycles. The van der Waals surface area contributed by atoms with E-state index in [0.717, 1.165) is 10.8 Å². The second kappa shape index (κ2) is 6.48. The Labute approximate surface area is 142 Å². The highest BCUT2D eigenvalue weighted by Gasteiger charge is 2.16. The summed E-state index contributed by atoms with van der Waals surface area (Å²) >= 11 is 0. The van der Waals surface area contributed by atoms with E-state index in [2.05, 4.69) is 5.32 Å². The molecule has 126 valence electrons. The van der Waals surface area contributed by atoms with Crippen molar-refractivity contribution < 1.29 is 19.6 Å². The molecule has 0 fully saturated rings. The molecule has 7 nitrogen and oxygen atoms in total. The van der Waals surface area contributed by atoms with Crippen molar-refractivity contribution in [1.29, 1.82) is 0 Å². The molecule has 0 heterocycles. The second-order valence-electron chi connectivity index (χ2n) is 5.28. The highest BCUT2D eigenvalue weighted by molar-refractivity contribution is 6.02. The van der Waals surface area contributed by atoms with Gasteiger partial charge in [-0.2, -0.15) is 0 Å². The number of nitro benzene ring substituents is 1. The highest BCUT2D eigenvalue weighted by Crippen LogP contribution is 2.34. The first kappa shape index (κ1) is 16.3. The summed E-state index contributed by atoms with van der Waals surface area (Å²) in [5.74, 6) is -0.492. The van der Waals surface area contributed by atoms with Gasteiger partial charge >= 0.3 is 5.97 Å². The molecule has 3 rings (SSSR count). The zero-order valence-electron chi connectivity index (χ0n) is 13.2. The van der Waals surface area contributed by atoms with Gasteiger partial charge < -0.3 is 15.2 Å². The Kier molecular flexibility index (Phi) is 4.21. The maximum Gasteiger partial charge on any atom is 0.337 e. The van der Waals surface area contributed by atoms with Crippen LogP contribution in [0.3, 0.4) is 0 Å². The number of hydrogen-bond donors (Lipinski definition) is 2. The standard InChI is InChI=1S/C18H14N2O5/c1-25-17-9-8-15(12-4-2-3-5-13(12)17)19-16-10-11(20(23)24)6-7-14(16)18(21)22/h2-10,19H,1H3,(H,21,22). The Hall–Kier alpha value is -3.61. The average molecular weight is 338 g/mol. The molecule has 25 heavy (non-hydrogen) atoms. The number of ether oxygens (including phenoxy) is 1. The maximum atomic E-state index is 11.4. The van der Waals surface area contributed by atoms with Crippen molar-refractivity contribution in [2.24, 2.45) is 0 Å². The summed E-state index contributed by atoms with van der Waals surface area (Å²) in [6.07, 6.45) is 0. The number of methoxy groups -OCH3 is 1. The van der Waals surface area contributed by atoms with Crippen molar-refractivity contribution in [3.05, 3.63) is 70.3 Å². The van der Waals surface area contributed by atoms with Crippen LogP contribution >= 0.6 is 0 Å². The molecule has 0 aliphatic rings. The van der Waals surface area contributed by atoms with E-state index in [1.165, 1.54) is 18.2 Å². The zero-order chi connectivity index (χ0) is 18.0. The van der Waals surface area contributed by atoms with Gasteiger partial charge in [-0.25, -0.2) is 4.79 Å². The lowest BCUT2D eigenvalue weighted by Crippen LogP contribution is -2.04. The number of benzene rings is 3. The van der Waals surface area contributed by atoms with Crippen molar-refractivity contribution in [2.75, 3.05) is 12.4 Å². The van der Waals surface area contributed by atoms with Crippen LogP contribution in [0.2, 0.25) is 0 Å². The summed E-state index contributed by atoms with van der Waals surface area (Å²) in [5.41, 5.74) is 0.534. The summed E-state index contributed by atoms with van der Waals surface area (Å²) < 4.78 is 5.33. The summed E-state index contributed by atoms with van der Waals surface area (Å²) in [4.78, 5) is 21.9. The Morgan fingerprint density at radius 3 is 2.44 bits per heavy atom. The van der Waals surface area contributed by atoms with E-state index in [4.69, 9.17) is 4.74 Å². The van der Waals surface area contributed by atoms with E-state index in [0.29, 0.717) is 11.4 Å². The van der Waals surface area contributed by atoms with Crippen LogP contribution in [0.25, 0.3) is 10.8 Å². The third kappa shape index (κ3) is 3.07. The van der Waals surface area contributed by atoms with E-state index >= 15 is 0 Å². The van der Waals surface area contributed by atoms with E-state index in [9.17, 15) is 20.0 Å². The number of anilines is 2. The first-order valence-corrected chi connectivity index (χ1v) is 7.35. The molecular formula is C18H14N2O5. The summed E-state index contributed by atoms with van der Waals surface area (Å²) in [5, 5.41) is 25.0. The smallest absolute Gasteiger partial charge is 0.337 e. The molecule has 0 atom stereocenters. The molecule has 3 aromatic rings. The molecule has 3 aromatic carbocycles. The number of nitro groups is 1. The molecule has 0 saturated heterocycles. The predicted molar refractivity (Wildman–Crippen MR) is 93.8 cm³/mol. The molecule has 0 spiro atoms. The van der Waals surface area contributed by atoms with Crippen molar-refractivity contribution in [2.45, 2.75) is 0 Å². The molecule has 0 amide bonds. The average Bonchev–Trinajstić information content (AvgIpc) is 2.61. The number of nitrogens with one attached hydrogen (secondary N) is 1. The monoisotopic (exact) mass is 338 g/mol. The van der Waals surface area contributed by atoms with Gasteiger partial charge in [-0.1, -0.05) is 24.3 Å². The van der Waals surface area contributed by atoms with Gasteiger partial charge in [0.05, 0.1) is 23.3 Å². The van der Waals surface area contributed by atoms with Gasteiger partial charge in [0.15, 0.2) is 0 Å². The third-order valence-electron chi connectivity index (χ3n) is 3.82. The molecule has 7 heteroatoms. The minimum atomic E-state index is -1.17. The van der Waals surface area contributed by atoms with Crippen LogP contribution in [0.15, 0.2) is 54.6 Å². The molecule has 0 saturated carbocycles. The minimum Gasteiger partial charge on any atom is -0.496 e. The second-order valence-corrected chi connectivity index (χ2v) is 5.28. The fourth-order valence-corrected chi connectivity index (χ4v) is 2.64. The predicted octanol–water partition coefficient (Wildman–Crippen LogP) is 4.20. The number of carbonyl (C=O) groups is 1. The first-order chi connectivity index (χ1) is 12.0. The third-order valence-corrected chi connectivity index (χ3v) is 3.82. The Morgan fingerprint density at radius 1 is 1.08 bits per heavy atom. The normalized spacial score (nSPS) is 10.4. The lowest BCUT2D eigenvalue weighted by Gasteiger charge is -2.14. The first-order valence-electron chi connectivity index (χ1n) is 7.35. The van der Waals surface area contributed by atoms with Gasteiger partial charge in [0.25, 0.3) is 5.69 Å². The Balaban J connectivity index is 2.14. The van der Waals surface area contributed by atoms with E-state index in [1.807, 2.05) is 24.3 Å². The molecular weight excluding hydrogens is 324 g/mol. The number of nitrogens with zero attached hydrogens (tertiary/aromatic N) is 1. The van der Waals surface area contributed by atoms with E-state index in [-0.39, 0.29) is 16.9 Å². The van der Waals surface area contributed by atoms with Gasteiger partial charge in [0.2, 0.25) is 0 Å². The van der Waals surface area contributed by atoms with Gasteiger partial charge in [0, 0.05) is 28.6 Å². The van der Waals surface area contributed by atoms with Crippen LogP contribution in [0, 0.1) is 10.1 Å². The fourth-order valence-electron chi connectivity index (χ4n) is 2.64. The molecule has 0 bridgehead atoms. The Morgan fingerprint density at radius 2 is 1.80 bits per heavy atom. The zero-order valence-corrected chi connectivity index (χ0v) is 13.2. The lowest BCUT2D eigenvalue weighted by atomic mass is 10.1. The number of aromatic carboxylic acids is 1. The summed E-state index contributed by atoms with van der Waals surface area (Å²) in [6.45, 7) is 0. The van der Waals surface area contributed by atoms with Crippen LogP contribution in [-0.4, -0.2) is 23.1 Å². The van der Waals surface area contributed by atoms with Crippen LogP contribution < -0.4 is 10.1 Å². The van der Waals surface area contributed by atoms with Crippen molar-refractivity contribution in [3.63, 3.8) is 0 Å². The van der Waals surface area contributed by atoms with Crippen molar-refractivity contribution in [3.8, 4) is 5.75 Å². The number of fused-ring (bicyclic) bond motifs is 1. The molecule has 0 aliphatic heterocycles. The SMILES string of the molecule is COc1ccc(Nc2cc([N+](=O)[O-])ccc2C(=O)O)c2ccccc12. The number of rotatable bonds is 5. The molecule has 2 N–H and O–H groups in total. The molecule has 0 unspecified atom stereocenters. The summed E-state index contributed by atoms with van der Waals surface area (Å²) in [7, 11) is 1.57. The van der Waals surface area contributed by atoms with Gasteiger partial charge in [-0.05, 0) is 18.2 Å². The lowest BCUT2D eigenvalue weighted by molar-refractivity contribution is -0.384. The van der Waals surface area contributed by atoms with Crippen LogP contribution in [0.5, 0.6) is 5.75 Å². The van der Waals surface area contributed by atoms with E-state index in [1.54, 1.807) is 19.2 Å². The van der Waals surface area contributed by atoms with Crippen LogP contribution in [0.1, 0.15) is 10.4 Å². The molecule has 0 aromatic heterocycles. The molecule has 0 radical (unpaired) electrons. The number of non-ortho nitro benzene ring substituents is 1. The largest absolute Gasteiger partial charge is 0.496 e. The maximum absolute atomic E-state index is 11.4.